The molecule has 0 aliphatic heterocycles. The lowest BCUT2D eigenvalue weighted by molar-refractivity contribution is 0.0938. The second kappa shape index (κ2) is 5.44. The zero-order chi connectivity index (χ0) is 14.1. The lowest BCUT2D eigenvalue weighted by atomic mass is 10.2. The summed E-state index contributed by atoms with van der Waals surface area (Å²) >= 11 is 1.54. The third kappa shape index (κ3) is 2.95. The van der Waals surface area contributed by atoms with Crippen LogP contribution >= 0.6 is 11.3 Å². The molecule has 0 unspecified atom stereocenters. The molecular weight excluding hydrogens is 276 g/mol. The van der Waals surface area contributed by atoms with Crippen LogP contribution in [0, 0.1) is 0 Å². The quantitative estimate of drug-likeness (QED) is 0.894. The molecule has 20 heavy (non-hydrogen) atoms. The molecule has 2 fully saturated rings. The van der Waals surface area contributed by atoms with Gasteiger partial charge in [0.2, 0.25) is 0 Å². The van der Waals surface area contributed by atoms with Crippen molar-refractivity contribution < 1.29 is 14.3 Å². The van der Waals surface area contributed by atoms with Crippen molar-refractivity contribution in [2.45, 2.75) is 50.2 Å². The first-order chi connectivity index (χ1) is 9.63. The molecule has 5 nitrogen and oxygen atoms in total. The van der Waals surface area contributed by atoms with E-state index in [1.54, 1.807) is 11.3 Å². The third-order valence-electron chi connectivity index (χ3n) is 3.94. The minimum Gasteiger partial charge on any atom is -0.446 e. The Morgan fingerprint density at radius 3 is 2.80 bits per heavy atom. The predicted molar refractivity (Wildman–Crippen MR) is 75.9 cm³/mol. The average molecular weight is 294 g/mol. The van der Waals surface area contributed by atoms with Gasteiger partial charge in [-0.15, -0.1) is 11.3 Å². The Kier molecular flexibility index (Phi) is 3.65. The average Bonchev–Trinajstić information content (AvgIpc) is 2.85. The van der Waals surface area contributed by atoms with Crippen molar-refractivity contribution in [3.8, 4) is 0 Å². The van der Waals surface area contributed by atoms with Gasteiger partial charge in [-0.3, -0.25) is 4.79 Å². The first-order valence-electron chi connectivity index (χ1n) is 6.99. The van der Waals surface area contributed by atoms with Crippen LogP contribution in [-0.4, -0.2) is 24.1 Å². The molecule has 0 bridgehead atoms. The van der Waals surface area contributed by atoms with Gasteiger partial charge >= 0.3 is 6.09 Å². The molecule has 6 heteroatoms. The Morgan fingerprint density at radius 2 is 2.10 bits per heavy atom. The van der Waals surface area contributed by atoms with Gasteiger partial charge in [0.05, 0.1) is 5.56 Å². The van der Waals surface area contributed by atoms with Crippen molar-refractivity contribution >= 4 is 23.3 Å². The number of nitrogens with two attached hydrogens (primary N) is 1. The highest BCUT2D eigenvalue weighted by molar-refractivity contribution is 7.10. The van der Waals surface area contributed by atoms with Crippen molar-refractivity contribution in [3.63, 3.8) is 0 Å². The van der Waals surface area contributed by atoms with Gasteiger partial charge in [-0.1, -0.05) is 12.8 Å². The van der Waals surface area contributed by atoms with Gasteiger partial charge < -0.3 is 15.8 Å². The van der Waals surface area contributed by atoms with E-state index in [1.165, 1.54) is 12.8 Å². The van der Waals surface area contributed by atoms with Gasteiger partial charge in [0.15, 0.2) is 0 Å². The number of rotatable bonds is 4. The normalized spacial score (nSPS) is 25.4. The Balaban J connectivity index is 1.57. The van der Waals surface area contributed by atoms with E-state index in [-0.39, 0.29) is 17.9 Å². The number of ether oxygens (including phenoxy) is 1. The third-order valence-corrected chi connectivity index (χ3v) is 5.00. The molecule has 0 aromatic carbocycles. The van der Waals surface area contributed by atoms with E-state index in [1.807, 2.05) is 11.4 Å². The molecule has 1 aromatic heterocycles. The summed E-state index contributed by atoms with van der Waals surface area (Å²) in [4.78, 5) is 23.9. The summed E-state index contributed by atoms with van der Waals surface area (Å²) < 4.78 is 4.95. The molecule has 2 aliphatic carbocycles. The zero-order valence-electron chi connectivity index (χ0n) is 11.1. The Bertz CT molecular complexity index is 522. The van der Waals surface area contributed by atoms with E-state index >= 15 is 0 Å². The maximum atomic E-state index is 12.1. The monoisotopic (exact) mass is 294 g/mol. The van der Waals surface area contributed by atoms with Crippen LogP contribution in [0.25, 0.3) is 0 Å². The molecule has 2 amide bonds. The molecular formula is C14H18N2O3S. The molecule has 2 saturated carbocycles. The van der Waals surface area contributed by atoms with E-state index in [4.69, 9.17) is 10.5 Å². The maximum absolute atomic E-state index is 12.1. The van der Waals surface area contributed by atoms with Crippen LogP contribution < -0.4 is 11.1 Å². The van der Waals surface area contributed by atoms with Gasteiger partial charge in [0.25, 0.3) is 5.91 Å². The van der Waals surface area contributed by atoms with Gasteiger partial charge in [0, 0.05) is 22.2 Å². The van der Waals surface area contributed by atoms with Crippen LogP contribution in [0.15, 0.2) is 11.4 Å². The molecule has 1 aromatic rings. The lowest BCUT2D eigenvalue weighted by Crippen LogP contribution is -2.32. The summed E-state index contributed by atoms with van der Waals surface area (Å²) in [6, 6.07) is 2.24. The number of carbonyl (C=O) groups excluding carboxylic acids is 2. The first kappa shape index (κ1) is 13.4. The number of nitrogens with one attached hydrogen (secondary N) is 1. The summed E-state index contributed by atoms with van der Waals surface area (Å²) in [6.07, 6.45) is 4.53. The second-order valence-electron chi connectivity index (χ2n) is 5.51. The highest BCUT2D eigenvalue weighted by atomic mass is 32.1. The van der Waals surface area contributed by atoms with Crippen LogP contribution in [0.2, 0.25) is 0 Å². The standard InChI is InChI=1S/C14H18N2O3S/c15-14(18)19-11-6-10(11)12-5-8(7-20-12)13(17)16-9-3-1-2-4-9/h5,7,9-11H,1-4,6H2,(H2,15,18)(H,16,17)/t10-,11-/m1/s1. The molecule has 0 spiro atoms. The van der Waals surface area contributed by atoms with Gasteiger partial charge in [0.1, 0.15) is 6.10 Å². The van der Waals surface area contributed by atoms with Crippen LogP contribution in [-0.2, 0) is 4.74 Å². The van der Waals surface area contributed by atoms with Gasteiger partial charge in [-0.05, 0) is 25.3 Å². The molecule has 2 aliphatic rings. The Hall–Kier alpha value is -1.56. The highest BCUT2D eigenvalue weighted by Crippen LogP contribution is 2.45. The van der Waals surface area contributed by atoms with E-state index in [9.17, 15) is 9.59 Å². The minimum absolute atomic E-state index is 0.00687. The Morgan fingerprint density at radius 1 is 1.35 bits per heavy atom. The summed E-state index contributed by atoms with van der Waals surface area (Å²) in [5.74, 6) is 0.216. The SMILES string of the molecule is NC(=O)O[C@@H]1C[C@H]1c1cc(C(=O)NC2CCCC2)cs1. The van der Waals surface area contributed by atoms with Gasteiger partial charge in [-0.25, -0.2) is 4.79 Å². The number of hydrogen-bond acceptors (Lipinski definition) is 4. The number of thiophene rings is 1. The number of amides is 2. The summed E-state index contributed by atoms with van der Waals surface area (Å²) in [6.45, 7) is 0. The van der Waals surface area contributed by atoms with Crippen molar-refractivity contribution in [1.82, 2.24) is 5.32 Å². The van der Waals surface area contributed by atoms with Crippen molar-refractivity contribution in [2.75, 3.05) is 0 Å². The molecule has 1 heterocycles. The van der Waals surface area contributed by atoms with Gasteiger partial charge in [-0.2, -0.15) is 0 Å². The fraction of sp³-hybridized carbons (Fsp3) is 0.571. The fourth-order valence-electron chi connectivity index (χ4n) is 2.76. The molecule has 3 N–H and O–H groups in total. The van der Waals surface area contributed by atoms with E-state index in [0.29, 0.717) is 11.6 Å². The predicted octanol–water partition coefficient (Wildman–Crippen LogP) is 2.37. The van der Waals surface area contributed by atoms with Crippen LogP contribution in [0.3, 0.4) is 0 Å². The Labute approximate surface area is 121 Å². The molecule has 2 atom stereocenters. The summed E-state index contributed by atoms with van der Waals surface area (Å²) in [5, 5.41) is 4.95. The minimum atomic E-state index is -0.728. The number of primary amides is 1. The highest BCUT2D eigenvalue weighted by Gasteiger charge is 2.42. The number of hydrogen-bond donors (Lipinski definition) is 2. The summed E-state index contributed by atoms with van der Waals surface area (Å²) in [7, 11) is 0. The topological polar surface area (TPSA) is 81.4 Å². The molecule has 0 radical (unpaired) electrons. The second-order valence-corrected chi connectivity index (χ2v) is 6.45. The molecule has 0 saturated heterocycles. The van der Waals surface area contributed by atoms with E-state index in [2.05, 4.69) is 5.32 Å². The fourth-order valence-corrected chi connectivity index (χ4v) is 3.81. The van der Waals surface area contributed by atoms with Crippen molar-refractivity contribution in [3.05, 3.63) is 21.9 Å². The maximum Gasteiger partial charge on any atom is 0.404 e. The van der Waals surface area contributed by atoms with Crippen LogP contribution in [0.5, 0.6) is 0 Å². The van der Waals surface area contributed by atoms with Crippen molar-refractivity contribution in [2.24, 2.45) is 5.73 Å². The van der Waals surface area contributed by atoms with E-state index in [0.717, 1.165) is 24.1 Å². The van der Waals surface area contributed by atoms with Crippen LogP contribution in [0.1, 0.15) is 53.3 Å². The largest absolute Gasteiger partial charge is 0.446 e. The van der Waals surface area contributed by atoms with Crippen LogP contribution in [0.4, 0.5) is 4.79 Å². The zero-order valence-corrected chi connectivity index (χ0v) is 11.9. The molecule has 108 valence electrons. The van der Waals surface area contributed by atoms with E-state index < -0.39 is 6.09 Å². The molecule has 3 rings (SSSR count). The smallest absolute Gasteiger partial charge is 0.404 e. The summed E-state index contributed by atoms with van der Waals surface area (Å²) in [5.41, 5.74) is 5.71. The first-order valence-corrected chi connectivity index (χ1v) is 7.87. The van der Waals surface area contributed by atoms with Crippen molar-refractivity contribution in [1.29, 1.82) is 0 Å². The lowest BCUT2D eigenvalue weighted by Gasteiger charge is -2.10. The number of carbonyl (C=O) groups is 2.